The number of piperidine rings is 1. The minimum Gasteiger partial charge on any atom is -0.429 e. The van der Waals surface area contributed by atoms with Crippen LogP contribution in [0.3, 0.4) is 0 Å². The number of hydrogen-bond donors (Lipinski definition) is 1. The molecule has 0 saturated carbocycles. The van der Waals surface area contributed by atoms with Gasteiger partial charge in [0.05, 0.1) is 5.71 Å². The molecule has 0 unspecified atom stereocenters. The molecule has 3 rings (SSSR count). The van der Waals surface area contributed by atoms with E-state index >= 15 is 0 Å². The van der Waals surface area contributed by atoms with Gasteiger partial charge in [0.1, 0.15) is 13.2 Å². The maximum atomic E-state index is 11.8. The normalized spacial score (nSPS) is 18.3. The summed E-state index contributed by atoms with van der Waals surface area (Å²) < 4.78 is 10.4. The van der Waals surface area contributed by atoms with Crippen molar-refractivity contribution in [3.8, 4) is 0 Å². The first-order chi connectivity index (χ1) is 12.8. The molecule has 26 heavy (non-hydrogen) atoms. The molecule has 136 valence electrons. The van der Waals surface area contributed by atoms with E-state index in [9.17, 15) is 4.79 Å². The maximum Gasteiger partial charge on any atom is 0.510 e. The van der Waals surface area contributed by atoms with Crippen LogP contribution in [0.25, 0.3) is 0 Å². The Morgan fingerprint density at radius 3 is 2.27 bits per heavy atom. The van der Waals surface area contributed by atoms with Crippen LogP contribution in [0.15, 0.2) is 65.8 Å². The molecule has 0 radical (unpaired) electrons. The molecular formula is C20H22N2O4. The summed E-state index contributed by atoms with van der Waals surface area (Å²) in [5.74, 6) is 0. The first-order valence-corrected chi connectivity index (χ1v) is 8.62. The van der Waals surface area contributed by atoms with Crippen LogP contribution >= 0.6 is 0 Å². The van der Waals surface area contributed by atoms with E-state index in [1.807, 2.05) is 60.7 Å². The molecule has 1 N–H and O–H groups in total. The van der Waals surface area contributed by atoms with E-state index in [2.05, 4.69) is 10.5 Å². The van der Waals surface area contributed by atoms with Crippen molar-refractivity contribution in [2.75, 3.05) is 6.54 Å². The van der Waals surface area contributed by atoms with Crippen molar-refractivity contribution in [3.05, 3.63) is 71.8 Å². The molecule has 0 aromatic heterocycles. The number of carbonyl (C=O) groups excluding carboxylic acids is 1. The van der Waals surface area contributed by atoms with Gasteiger partial charge in [0.2, 0.25) is 0 Å². The molecule has 0 spiro atoms. The molecule has 6 heteroatoms. The van der Waals surface area contributed by atoms with E-state index in [1.54, 1.807) is 0 Å². The molecule has 6 nitrogen and oxygen atoms in total. The highest BCUT2D eigenvalue weighted by molar-refractivity contribution is 5.86. The summed E-state index contributed by atoms with van der Waals surface area (Å²) in [6.07, 6.45) is 0.297. The zero-order valence-electron chi connectivity index (χ0n) is 14.5. The molecule has 1 atom stereocenters. The second-order valence-corrected chi connectivity index (χ2v) is 5.97. The molecule has 1 heterocycles. The van der Waals surface area contributed by atoms with Gasteiger partial charge in [0, 0.05) is 13.0 Å². The molecule has 2 aromatic carbocycles. The van der Waals surface area contributed by atoms with Gasteiger partial charge in [-0.3, -0.25) is 5.32 Å². The standard InChI is InChI=1S/C20H22N2O4/c23-20(24-14-16-7-3-1-4-8-16)26-19-12-11-18(13-21-19)22-25-15-17-9-5-2-6-10-17/h1-10,19,21H,11-15H2/t19-/m0/s1. The number of ether oxygens (including phenoxy) is 2. The Morgan fingerprint density at radius 2 is 1.65 bits per heavy atom. The van der Waals surface area contributed by atoms with Crippen LogP contribution in [-0.2, 0) is 27.5 Å². The molecule has 1 aliphatic rings. The van der Waals surface area contributed by atoms with E-state index in [0.717, 1.165) is 16.8 Å². The first kappa shape index (κ1) is 17.9. The predicted octanol–water partition coefficient (Wildman–Crippen LogP) is 3.62. The van der Waals surface area contributed by atoms with Crippen LogP contribution in [-0.4, -0.2) is 24.6 Å². The summed E-state index contributed by atoms with van der Waals surface area (Å²) in [7, 11) is 0. The molecule has 1 aliphatic heterocycles. The van der Waals surface area contributed by atoms with Gasteiger partial charge in [-0.1, -0.05) is 65.8 Å². The number of benzene rings is 2. The summed E-state index contributed by atoms with van der Waals surface area (Å²) in [4.78, 5) is 17.1. The summed E-state index contributed by atoms with van der Waals surface area (Å²) in [5.41, 5.74) is 2.90. The monoisotopic (exact) mass is 354 g/mol. The van der Waals surface area contributed by atoms with Crippen molar-refractivity contribution in [3.63, 3.8) is 0 Å². The van der Waals surface area contributed by atoms with E-state index < -0.39 is 6.16 Å². The van der Waals surface area contributed by atoms with E-state index in [0.29, 0.717) is 26.0 Å². The van der Waals surface area contributed by atoms with Crippen molar-refractivity contribution < 1.29 is 19.1 Å². The number of nitrogens with zero attached hydrogens (tertiary/aromatic N) is 1. The lowest BCUT2D eigenvalue weighted by Gasteiger charge is -2.23. The molecule has 0 aliphatic carbocycles. The predicted molar refractivity (Wildman–Crippen MR) is 97.4 cm³/mol. The highest BCUT2D eigenvalue weighted by Gasteiger charge is 2.21. The molecule has 1 fully saturated rings. The van der Waals surface area contributed by atoms with Gasteiger partial charge < -0.3 is 14.3 Å². The largest absolute Gasteiger partial charge is 0.510 e. The van der Waals surface area contributed by atoms with Crippen molar-refractivity contribution in [2.45, 2.75) is 32.3 Å². The van der Waals surface area contributed by atoms with Crippen molar-refractivity contribution in [1.82, 2.24) is 5.32 Å². The van der Waals surface area contributed by atoms with Crippen LogP contribution < -0.4 is 5.32 Å². The average molecular weight is 354 g/mol. The highest BCUT2D eigenvalue weighted by Crippen LogP contribution is 2.10. The Balaban J connectivity index is 1.34. The lowest BCUT2D eigenvalue weighted by atomic mass is 10.1. The quantitative estimate of drug-likeness (QED) is 0.634. The van der Waals surface area contributed by atoms with Crippen LogP contribution in [0.1, 0.15) is 24.0 Å². The Hall–Kier alpha value is -2.86. The second-order valence-electron chi connectivity index (χ2n) is 5.97. The van der Waals surface area contributed by atoms with Crippen molar-refractivity contribution >= 4 is 11.9 Å². The summed E-state index contributed by atoms with van der Waals surface area (Å²) in [6, 6.07) is 19.4. The fourth-order valence-corrected chi connectivity index (χ4v) is 2.54. The van der Waals surface area contributed by atoms with Gasteiger partial charge in [-0.2, -0.15) is 0 Å². The first-order valence-electron chi connectivity index (χ1n) is 8.62. The SMILES string of the molecule is O=C(OCc1ccccc1)O[C@H]1CCC(=NOCc2ccccc2)CN1. The zero-order valence-corrected chi connectivity index (χ0v) is 14.5. The molecule has 0 amide bonds. The maximum absolute atomic E-state index is 11.8. The van der Waals surface area contributed by atoms with Gasteiger partial charge in [-0.25, -0.2) is 4.79 Å². The number of carbonyl (C=O) groups is 1. The fraction of sp³-hybridized carbons (Fsp3) is 0.300. The third-order valence-electron chi connectivity index (χ3n) is 3.93. The summed E-state index contributed by atoms with van der Waals surface area (Å²) in [5, 5.41) is 7.26. The number of oxime groups is 1. The third kappa shape index (κ3) is 5.89. The minimum absolute atomic E-state index is 0.201. The lowest BCUT2D eigenvalue weighted by Crippen LogP contribution is -2.42. The minimum atomic E-state index is -0.674. The highest BCUT2D eigenvalue weighted by atomic mass is 16.7. The Labute approximate surface area is 152 Å². The van der Waals surface area contributed by atoms with Crippen LogP contribution in [0.5, 0.6) is 0 Å². The van der Waals surface area contributed by atoms with Gasteiger partial charge >= 0.3 is 6.16 Å². The fourth-order valence-electron chi connectivity index (χ4n) is 2.54. The zero-order chi connectivity index (χ0) is 18.0. The van der Waals surface area contributed by atoms with Gasteiger partial charge in [0.25, 0.3) is 0 Å². The van der Waals surface area contributed by atoms with Crippen molar-refractivity contribution in [2.24, 2.45) is 5.16 Å². The summed E-state index contributed by atoms with van der Waals surface area (Å²) in [6.45, 7) is 1.16. The number of rotatable bonds is 6. The Kier molecular flexibility index (Phi) is 6.61. The average Bonchev–Trinajstić information content (AvgIpc) is 2.69. The third-order valence-corrected chi connectivity index (χ3v) is 3.93. The molecular weight excluding hydrogens is 332 g/mol. The van der Waals surface area contributed by atoms with Crippen LogP contribution in [0, 0.1) is 0 Å². The number of hydrogen-bond acceptors (Lipinski definition) is 6. The Bertz CT molecular complexity index is 709. The Morgan fingerprint density at radius 1 is 1.00 bits per heavy atom. The van der Waals surface area contributed by atoms with E-state index in [1.165, 1.54) is 0 Å². The van der Waals surface area contributed by atoms with Crippen molar-refractivity contribution in [1.29, 1.82) is 0 Å². The molecule has 0 bridgehead atoms. The second kappa shape index (κ2) is 9.58. The number of nitrogens with one attached hydrogen (secondary N) is 1. The van der Waals surface area contributed by atoms with Crippen LogP contribution in [0.4, 0.5) is 4.79 Å². The smallest absolute Gasteiger partial charge is 0.429 e. The van der Waals surface area contributed by atoms with E-state index in [-0.39, 0.29) is 12.8 Å². The lowest BCUT2D eigenvalue weighted by molar-refractivity contribution is 0.00437. The van der Waals surface area contributed by atoms with Gasteiger partial charge in [0.15, 0.2) is 6.23 Å². The van der Waals surface area contributed by atoms with Crippen LogP contribution in [0.2, 0.25) is 0 Å². The topological polar surface area (TPSA) is 69.2 Å². The van der Waals surface area contributed by atoms with Gasteiger partial charge in [-0.15, -0.1) is 0 Å². The molecule has 2 aromatic rings. The molecule has 1 saturated heterocycles. The van der Waals surface area contributed by atoms with Gasteiger partial charge in [-0.05, 0) is 17.5 Å². The summed E-state index contributed by atoms with van der Waals surface area (Å²) >= 11 is 0. The van der Waals surface area contributed by atoms with E-state index in [4.69, 9.17) is 14.3 Å².